The van der Waals surface area contributed by atoms with Crippen LogP contribution in [-0.4, -0.2) is 68.2 Å². The van der Waals surface area contributed by atoms with Gasteiger partial charge in [-0.25, -0.2) is 4.79 Å². The Balaban J connectivity index is 3.76. The minimum Gasteiger partial charge on any atom is -0.464 e. The highest BCUT2D eigenvalue weighted by Crippen LogP contribution is 2.09. The molecule has 0 heterocycles. The van der Waals surface area contributed by atoms with Gasteiger partial charge >= 0.3 is 12.1 Å². The van der Waals surface area contributed by atoms with Crippen molar-refractivity contribution in [1.82, 2.24) is 9.80 Å². The van der Waals surface area contributed by atoms with E-state index in [4.69, 9.17) is 9.47 Å². The molecule has 0 fully saturated rings. The number of carbonyl (C=O) groups is 3. The Bertz CT molecular complexity index is 443. The number of esters is 1. The second-order valence-electron chi connectivity index (χ2n) is 7.27. The number of hydrogen-bond donors (Lipinski definition) is 0. The summed E-state index contributed by atoms with van der Waals surface area (Å²) >= 11 is 0. The van der Waals surface area contributed by atoms with Crippen LogP contribution in [0.4, 0.5) is 4.79 Å². The summed E-state index contributed by atoms with van der Waals surface area (Å²) in [5.74, 6) is -0.761. The first-order chi connectivity index (χ1) is 13.4. The highest BCUT2D eigenvalue weighted by Gasteiger charge is 2.19. The SMILES string of the molecule is CCCCCCCCCCCOC(=O)CN(C)C(=O)CN(C)C(=O)OCCC. The van der Waals surface area contributed by atoms with E-state index >= 15 is 0 Å². The average Bonchev–Trinajstić information content (AvgIpc) is 2.67. The summed E-state index contributed by atoms with van der Waals surface area (Å²) in [6.07, 6.45) is 11.0. The molecule has 28 heavy (non-hydrogen) atoms. The van der Waals surface area contributed by atoms with E-state index in [0.717, 1.165) is 19.3 Å². The van der Waals surface area contributed by atoms with Crippen LogP contribution in [0, 0.1) is 0 Å². The van der Waals surface area contributed by atoms with Gasteiger partial charge in [0.25, 0.3) is 0 Å². The van der Waals surface area contributed by atoms with Gasteiger partial charge in [0, 0.05) is 14.1 Å². The fourth-order valence-electron chi connectivity index (χ4n) is 2.61. The molecule has 0 spiro atoms. The van der Waals surface area contributed by atoms with Crippen LogP contribution in [-0.2, 0) is 19.1 Å². The van der Waals surface area contributed by atoms with E-state index < -0.39 is 12.1 Å². The quantitative estimate of drug-likeness (QED) is 0.289. The van der Waals surface area contributed by atoms with Crippen LogP contribution in [0.5, 0.6) is 0 Å². The zero-order valence-corrected chi connectivity index (χ0v) is 18.3. The maximum absolute atomic E-state index is 12.1. The first-order valence-electron chi connectivity index (χ1n) is 10.7. The van der Waals surface area contributed by atoms with Gasteiger partial charge in [0.15, 0.2) is 0 Å². The van der Waals surface area contributed by atoms with Crippen LogP contribution in [0.1, 0.15) is 78.1 Å². The summed E-state index contributed by atoms with van der Waals surface area (Å²) in [4.78, 5) is 38.0. The van der Waals surface area contributed by atoms with Crippen molar-refractivity contribution in [3.8, 4) is 0 Å². The molecule has 0 aliphatic rings. The van der Waals surface area contributed by atoms with Crippen molar-refractivity contribution in [3.63, 3.8) is 0 Å². The van der Waals surface area contributed by atoms with E-state index in [-0.39, 0.29) is 19.0 Å². The maximum Gasteiger partial charge on any atom is 0.409 e. The Morgan fingerprint density at radius 2 is 1.21 bits per heavy atom. The molecule has 0 aromatic carbocycles. The molecule has 7 heteroatoms. The number of carbonyl (C=O) groups excluding carboxylic acids is 3. The fourth-order valence-corrected chi connectivity index (χ4v) is 2.61. The van der Waals surface area contributed by atoms with Crippen molar-refractivity contribution < 1.29 is 23.9 Å². The third kappa shape index (κ3) is 14.3. The topological polar surface area (TPSA) is 76.2 Å². The molecule has 2 amide bonds. The zero-order chi connectivity index (χ0) is 21.2. The molecule has 0 radical (unpaired) electrons. The number of ether oxygens (including phenoxy) is 2. The van der Waals surface area contributed by atoms with Crippen LogP contribution in [0.3, 0.4) is 0 Å². The molecule has 0 rings (SSSR count). The smallest absolute Gasteiger partial charge is 0.409 e. The highest BCUT2D eigenvalue weighted by molar-refractivity contribution is 5.85. The van der Waals surface area contributed by atoms with Crippen molar-refractivity contribution in [1.29, 1.82) is 0 Å². The molecule has 0 aliphatic carbocycles. The van der Waals surface area contributed by atoms with Gasteiger partial charge in [-0.15, -0.1) is 0 Å². The first-order valence-corrected chi connectivity index (χ1v) is 10.7. The molecule has 7 nitrogen and oxygen atoms in total. The fraction of sp³-hybridized carbons (Fsp3) is 0.857. The third-order valence-corrected chi connectivity index (χ3v) is 4.42. The number of hydrogen-bond acceptors (Lipinski definition) is 5. The molecule has 0 atom stereocenters. The molecule has 0 saturated carbocycles. The second-order valence-corrected chi connectivity index (χ2v) is 7.27. The third-order valence-electron chi connectivity index (χ3n) is 4.42. The number of likely N-dealkylation sites (N-methyl/N-ethyl adjacent to an activating group) is 2. The van der Waals surface area contributed by atoms with E-state index in [9.17, 15) is 14.4 Å². The van der Waals surface area contributed by atoms with Crippen LogP contribution in [0.15, 0.2) is 0 Å². The van der Waals surface area contributed by atoms with Crippen molar-refractivity contribution in [3.05, 3.63) is 0 Å². The van der Waals surface area contributed by atoms with E-state index in [1.165, 1.54) is 68.8 Å². The van der Waals surface area contributed by atoms with Crippen LogP contribution in [0.25, 0.3) is 0 Å². The lowest BCUT2D eigenvalue weighted by molar-refractivity contribution is -0.148. The standard InChI is InChI=1S/C21H40N2O5/c1-5-7-8-9-10-11-12-13-14-16-27-20(25)18-22(3)19(24)17-23(4)21(26)28-15-6-2/h5-18H2,1-4H3. The van der Waals surface area contributed by atoms with Crippen molar-refractivity contribution in [2.45, 2.75) is 78.1 Å². The first kappa shape index (κ1) is 26.2. The summed E-state index contributed by atoms with van der Waals surface area (Å²) in [5, 5.41) is 0. The van der Waals surface area contributed by atoms with E-state index in [0.29, 0.717) is 13.2 Å². The molecule has 0 unspecified atom stereocenters. The van der Waals surface area contributed by atoms with Crippen LogP contribution >= 0.6 is 0 Å². The number of amides is 2. The molecule has 0 aromatic heterocycles. The van der Waals surface area contributed by atoms with Crippen LogP contribution in [0.2, 0.25) is 0 Å². The number of unbranched alkanes of at least 4 members (excludes halogenated alkanes) is 8. The van der Waals surface area contributed by atoms with Gasteiger partial charge in [0.05, 0.1) is 13.2 Å². The Hall–Kier alpha value is -1.79. The van der Waals surface area contributed by atoms with Gasteiger partial charge in [0.1, 0.15) is 13.1 Å². The minimum atomic E-state index is -0.545. The molecule has 0 bridgehead atoms. The second kappa shape index (κ2) is 17.3. The average molecular weight is 401 g/mol. The van der Waals surface area contributed by atoms with Gasteiger partial charge < -0.3 is 19.3 Å². The van der Waals surface area contributed by atoms with E-state index in [1.807, 2.05) is 6.92 Å². The van der Waals surface area contributed by atoms with E-state index in [2.05, 4.69) is 6.92 Å². The van der Waals surface area contributed by atoms with Gasteiger partial charge in [-0.3, -0.25) is 9.59 Å². The Morgan fingerprint density at radius 1 is 0.643 bits per heavy atom. The summed E-state index contributed by atoms with van der Waals surface area (Å²) in [6, 6.07) is 0. The molecule has 0 N–H and O–H groups in total. The summed E-state index contributed by atoms with van der Waals surface area (Å²) < 4.78 is 10.1. The Labute approximate surface area is 170 Å². The van der Waals surface area contributed by atoms with Gasteiger partial charge in [0.2, 0.25) is 5.91 Å². The molecule has 0 aliphatic heterocycles. The maximum atomic E-state index is 12.1. The lowest BCUT2D eigenvalue weighted by Gasteiger charge is -2.21. The Morgan fingerprint density at radius 3 is 1.79 bits per heavy atom. The summed E-state index contributed by atoms with van der Waals surface area (Å²) in [7, 11) is 3.01. The normalized spacial score (nSPS) is 10.4. The predicted molar refractivity (Wildman–Crippen MR) is 110 cm³/mol. The summed E-state index contributed by atoms with van der Waals surface area (Å²) in [6.45, 7) is 4.57. The highest BCUT2D eigenvalue weighted by atomic mass is 16.6. The van der Waals surface area contributed by atoms with Gasteiger partial charge in [-0.2, -0.15) is 0 Å². The van der Waals surface area contributed by atoms with Crippen molar-refractivity contribution >= 4 is 18.0 Å². The number of nitrogens with zero attached hydrogens (tertiary/aromatic N) is 2. The molecule has 0 saturated heterocycles. The zero-order valence-electron chi connectivity index (χ0n) is 18.3. The largest absolute Gasteiger partial charge is 0.464 e. The molecular formula is C21H40N2O5. The lowest BCUT2D eigenvalue weighted by Crippen LogP contribution is -2.41. The lowest BCUT2D eigenvalue weighted by atomic mass is 10.1. The summed E-state index contributed by atoms with van der Waals surface area (Å²) in [5.41, 5.74) is 0. The minimum absolute atomic E-state index is 0.117. The number of rotatable bonds is 16. The van der Waals surface area contributed by atoms with Crippen molar-refractivity contribution in [2.24, 2.45) is 0 Å². The monoisotopic (exact) mass is 400 g/mol. The Kier molecular flexibility index (Phi) is 16.2. The van der Waals surface area contributed by atoms with Gasteiger partial charge in [-0.05, 0) is 12.8 Å². The van der Waals surface area contributed by atoms with Crippen molar-refractivity contribution in [2.75, 3.05) is 40.4 Å². The predicted octanol–water partition coefficient (Wildman–Crippen LogP) is 4.00. The molecule has 0 aromatic rings. The molecule has 164 valence electrons. The van der Waals surface area contributed by atoms with Gasteiger partial charge in [-0.1, -0.05) is 65.2 Å². The molecular weight excluding hydrogens is 360 g/mol. The van der Waals surface area contributed by atoms with Crippen LogP contribution < -0.4 is 0 Å². The van der Waals surface area contributed by atoms with E-state index in [1.54, 1.807) is 0 Å².